The van der Waals surface area contributed by atoms with Crippen LogP contribution in [0.4, 0.5) is 5.13 Å². The number of ether oxygens (including phenoxy) is 1. The Hall–Kier alpha value is -2.41. The molecule has 0 radical (unpaired) electrons. The van der Waals surface area contributed by atoms with Crippen LogP contribution in [0.15, 0.2) is 48.5 Å². The van der Waals surface area contributed by atoms with Gasteiger partial charge in [-0.3, -0.25) is 4.79 Å². The van der Waals surface area contributed by atoms with E-state index in [4.69, 9.17) is 21.3 Å². The van der Waals surface area contributed by atoms with Crippen LogP contribution in [0.3, 0.4) is 0 Å². The zero-order valence-corrected chi connectivity index (χ0v) is 20.7. The molecule has 0 aliphatic carbocycles. The number of carbonyl (C=O) groups is 1. The van der Waals surface area contributed by atoms with Crippen molar-refractivity contribution in [2.75, 3.05) is 18.1 Å². The van der Waals surface area contributed by atoms with Gasteiger partial charge in [0, 0.05) is 23.7 Å². The Balaban J connectivity index is 0.00000176. The van der Waals surface area contributed by atoms with Crippen molar-refractivity contribution < 1.29 is 14.6 Å². The molecule has 1 heterocycles. The van der Waals surface area contributed by atoms with Crippen molar-refractivity contribution in [2.45, 2.75) is 47.3 Å². The van der Waals surface area contributed by atoms with E-state index < -0.39 is 0 Å². The minimum absolute atomic E-state index is 0.116. The predicted molar refractivity (Wildman–Crippen MR) is 133 cm³/mol. The third kappa shape index (κ3) is 7.05. The summed E-state index contributed by atoms with van der Waals surface area (Å²) in [7, 11) is 0. The van der Waals surface area contributed by atoms with Crippen LogP contribution in [0, 0.1) is 6.92 Å². The second-order valence-corrected chi connectivity index (χ2v) is 8.32. The van der Waals surface area contributed by atoms with Gasteiger partial charge in [-0.1, -0.05) is 79.2 Å². The maximum atomic E-state index is 11.9. The summed E-state index contributed by atoms with van der Waals surface area (Å²) in [6, 6.07) is 15.8. The molecule has 0 saturated heterocycles. The number of aliphatic hydroxyl groups excluding tert-OH is 1. The molecule has 0 unspecified atom stereocenters. The fourth-order valence-electron chi connectivity index (χ4n) is 3.05. The van der Waals surface area contributed by atoms with Crippen LogP contribution in [-0.2, 0) is 22.7 Å². The molecule has 1 N–H and O–H groups in total. The first kappa shape index (κ1) is 25.8. The number of halogens is 1. The summed E-state index contributed by atoms with van der Waals surface area (Å²) in [5, 5.41) is 11.3. The molecule has 0 amide bonds. The Kier molecular flexibility index (Phi) is 10.7. The van der Waals surface area contributed by atoms with E-state index in [1.54, 1.807) is 6.92 Å². The third-order valence-corrected chi connectivity index (χ3v) is 6.16. The van der Waals surface area contributed by atoms with E-state index >= 15 is 0 Å². The van der Waals surface area contributed by atoms with Gasteiger partial charge < -0.3 is 14.7 Å². The summed E-state index contributed by atoms with van der Waals surface area (Å²) < 4.78 is 5.08. The Bertz CT molecular complexity index is 992. The average molecular weight is 475 g/mol. The normalized spacial score (nSPS) is 10.3. The topological polar surface area (TPSA) is 62.7 Å². The van der Waals surface area contributed by atoms with Gasteiger partial charge in [-0.05, 0) is 31.0 Å². The number of thiazole rings is 1. The quantitative estimate of drug-likeness (QED) is 0.371. The first-order valence-corrected chi connectivity index (χ1v) is 12.0. The number of benzene rings is 2. The lowest BCUT2D eigenvalue weighted by Gasteiger charge is -2.21. The molecule has 172 valence electrons. The summed E-state index contributed by atoms with van der Waals surface area (Å²) in [4.78, 5) is 19.6. The van der Waals surface area contributed by atoms with E-state index in [9.17, 15) is 9.90 Å². The zero-order valence-electron chi connectivity index (χ0n) is 19.1. The largest absolute Gasteiger partial charge is 0.466 e. The molecule has 32 heavy (non-hydrogen) atoms. The molecule has 0 aliphatic heterocycles. The van der Waals surface area contributed by atoms with Gasteiger partial charge in [-0.15, -0.1) is 0 Å². The smallest absolute Gasteiger partial charge is 0.307 e. The number of anilines is 1. The molecule has 0 aliphatic rings. The molecule has 5 nitrogen and oxygen atoms in total. The lowest BCUT2D eigenvalue weighted by Crippen LogP contribution is -2.26. The number of carbonyl (C=O) groups excluding carboxylic acids is 1. The SMILES string of the molecule is CC.CCOC(=O)CCN(Cc1ccccc1)c1nc(-c2ccc(C)c(Cl)c2)c(CO)s1. The number of esters is 1. The molecule has 3 aromatic rings. The number of aromatic nitrogens is 1. The number of rotatable bonds is 9. The summed E-state index contributed by atoms with van der Waals surface area (Å²) >= 11 is 7.73. The van der Waals surface area contributed by atoms with Crippen molar-refractivity contribution >= 4 is 34.0 Å². The number of aryl methyl sites for hydroxylation is 1. The Morgan fingerprint density at radius 1 is 1.19 bits per heavy atom. The van der Waals surface area contributed by atoms with Gasteiger partial charge in [0.25, 0.3) is 0 Å². The molecule has 0 bridgehead atoms. The fourth-order valence-corrected chi connectivity index (χ4v) is 4.20. The first-order valence-electron chi connectivity index (χ1n) is 10.8. The van der Waals surface area contributed by atoms with Gasteiger partial charge in [0.15, 0.2) is 5.13 Å². The highest BCUT2D eigenvalue weighted by Gasteiger charge is 2.19. The van der Waals surface area contributed by atoms with Crippen molar-refractivity contribution in [3.8, 4) is 11.3 Å². The highest BCUT2D eigenvalue weighted by atomic mass is 35.5. The summed E-state index contributed by atoms with van der Waals surface area (Å²) in [5.41, 5.74) is 3.68. The second-order valence-electron chi connectivity index (χ2n) is 6.85. The van der Waals surface area contributed by atoms with Crippen LogP contribution in [0.2, 0.25) is 5.02 Å². The van der Waals surface area contributed by atoms with Crippen LogP contribution in [-0.4, -0.2) is 29.2 Å². The van der Waals surface area contributed by atoms with Crippen molar-refractivity contribution in [3.05, 3.63) is 69.6 Å². The van der Waals surface area contributed by atoms with E-state index in [2.05, 4.69) is 4.90 Å². The monoisotopic (exact) mass is 474 g/mol. The predicted octanol–water partition coefficient (Wildman–Crippen LogP) is 6.25. The summed E-state index contributed by atoms with van der Waals surface area (Å²) in [5.74, 6) is -0.236. The minimum atomic E-state index is -0.236. The van der Waals surface area contributed by atoms with Crippen molar-refractivity contribution in [1.82, 2.24) is 4.98 Å². The van der Waals surface area contributed by atoms with Crippen molar-refractivity contribution in [1.29, 1.82) is 0 Å². The third-order valence-electron chi connectivity index (χ3n) is 4.65. The molecule has 3 rings (SSSR count). The molecule has 7 heteroatoms. The number of aliphatic hydroxyl groups is 1. The lowest BCUT2D eigenvalue weighted by atomic mass is 10.1. The van der Waals surface area contributed by atoms with Crippen LogP contribution in [0.5, 0.6) is 0 Å². The Morgan fingerprint density at radius 3 is 2.53 bits per heavy atom. The van der Waals surface area contributed by atoms with Crippen LogP contribution >= 0.6 is 22.9 Å². The van der Waals surface area contributed by atoms with Gasteiger partial charge in [0.05, 0.1) is 30.2 Å². The highest BCUT2D eigenvalue weighted by Crippen LogP contribution is 2.35. The lowest BCUT2D eigenvalue weighted by molar-refractivity contribution is -0.142. The fraction of sp³-hybridized carbons (Fsp3) is 0.360. The summed E-state index contributed by atoms with van der Waals surface area (Å²) in [6.45, 7) is 9.07. The van der Waals surface area contributed by atoms with Crippen LogP contribution < -0.4 is 4.90 Å². The van der Waals surface area contributed by atoms with Gasteiger partial charge in [0.1, 0.15) is 0 Å². The standard InChI is InChI=1S/C23H25ClN2O3S.C2H6/c1-3-29-21(28)11-12-26(14-17-7-5-4-6-8-17)23-25-22(20(15-27)30-23)18-10-9-16(2)19(24)13-18;1-2/h4-10,13,27H,3,11-12,14-15H2,1-2H3;1-2H3. The van der Waals surface area contributed by atoms with Gasteiger partial charge >= 0.3 is 5.97 Å². The van der Waals surface area contributed by atoms with E-state index in [1.165, 1.54) is 11.3 Å². The number of hydrogen-bond donors (Lipinski definition) is 1. The van der Waals surface area contributed by atoms with Gasteiger partial charge in [0.2, 0.25) is 0 Å². The zero-order chi connectivity index (χ0) is 23.5. The van der Waals surface area contributed by atoms with E-state index in [1.807, 2.05) is 69.3 Å². The molecule has 0 spiro atoms. The molecule has 2 aromatic carbocycles. The second kappa shape index (κ2) is 13.2. The minimum Gasteiger partial charge on any atom is -0.466 e. The summed E-state index contributed by atoms with van der Waals surface area (Å²) in [6.07, 6.45) is 0.264. The number of nitrogens with zero attached hydrogens (tertiary/aromatic N) is 2. The molecule has 0 atom stereocenters. The Labute approximate surface area is 199 Å². The van der Waals surface area contributed by atoms with E-state index in [0.717, 1.165) is 26.7 Å². The maximum Gasteiger partial charge on any atom is 0.307 e. The van der Waals surface area contributed by atoms with Crippen molar-refractivity contribution in [2.24, 2.45) is 0 Å². The van der Waals surface area contributed by atoms with Crippen LogP contribution in [0.1, 0.15) is 43.2 Å². The van der Waals surface area contributed by atoms with Crippen molar-refractivity contribution in [3.63, 3.8) is 0 Å². The van der Waals surface area contributed by atoms with E-state index in [-0.39, 0.29) is 19.0 Å². The maximum absolute atomic E-state index is 11.9. The van der Waals surface area contributed by atoms with Gasteiger partial charge in [-0.25, -0.2) is 4.98 Å². The molecular weight excluding hydrogens is 444 g/mol. The first-order chi connectivity index (χ1) is 15.5. The average Bonchev–Trinajstić information content (AvgIpc) is 3.25. The van der Waals surface area contributed by atoms with Gasteiger partial charge in [-0.2, -0.15) is 0 Å². The van der Waals surface area contributed by atoms with Crippen LogP contribution in [0.25, 0.3) is 11.3 Å². The van der Waals surface area contributed by atoms with E-state index in [0.29, 0.717) is 30.4 Å². The highest BCUT2D eigenvalue weighted by molar-refractivity contribution is 7.16. The molecule has 1 aromatic heterocycles. The number of hydrogen-bond acceptors (Lipinski definition) is 6. The molecule has 0 saturated carbocycles. The molecular formula is C25H31ClN2O3S. The molecule has 0 fully saturated rings. The Morgan fingerprint density at radius 2 is 1.91 bits per heavy atom.